The molecule has 2 aliphatic rings. The number of aromatic nitrogens is 2. The molecule has 8 heteroatoms. The van der Waals surface area contributed by atoms with Crippen LogP contribution in [0.3, 0.4) is 0 Å². The van der Waals surface area contributed by atoms with Crippen LogP contribution in [0.15, 0.2) is 42.6 Å². The van der Waals surface area contributed by atoms with E-state index in [0.717, 1.165) is 49.1 Å². The summed E-state index contributed by atoms with van der Waals surface area (Å²) in [5, 5.41) is 7.39. The number of rotatable bonds is 5. The van der Waals surface area contributed by atoms with Crippen molar-refractivity contribution in [1.82, 2.24) is 15.1 Å². The van der Waals surface area contributed by atoms with E-state index in [1.807, 2.05) is 18.1 Å². The average molecular weight is 454 g/mol. The summed E-state index contributed by atoms with van der Waals surface area (Å²) in [6, 6.07) is 8.16. The molecule has 3 aromatic rings. The standard InChI is InChI=1S/C25H25F3N4O/c1-31-14-20(15-4-5-15)24(30-31)16-6-8-19(22(27)11-16)25(33)29-17-3-2-10-32(13-17)18-7-9-21(26)23(28)12-18/h6-9,11-12,14-15,17H,2-5,10,13H2,1H3,(H,29,33). The molecule has 5 rings (SSSR count). The molecule has 1 N–H and O–H groups in total. The number of hydrogen-bond donors (Lipinski definition) is 1. The minimum atomic E-state index is -0.904. The van der Waals surface area contributed by atoms with E-state index in [2.05, 4.69) is 10.4 Å². The third kappa shape index (κ3) is 4.47. The second-order valence-corrected chi connectivity index (χ2v) is 8.93. The zero-order valence-corrected chi connectivity index (χ0v) is 18.3. The molecule has 0 spiro atoms. The van der Waals surface area contributed by atoms with Gasteiger partial charge in [-0.05, 0) is 55.9 Å². The molecule has 5 nitrogen and oxygen atoms in total. The summed E-state index contributed by atoms with van der Waals surface area (Å²) in [5.74, 6) is -2.40. The van der Waals surface area contributed by atoms with Crippen LogP contribution in [0.2, 0.25) is 0 Å². The van der Waals surface area contributed by atoms with E-state index in [-0.39, 0.29) is 11.6 Å². The molecule has 2 fully saturated rings. The average Bonchev–Trinajstić information content (AvgIpc) is 3.57. The molecule has 172 valence electrons. The van der Waals surface area contributed by atoms with E-state index in [0.29, 0.717) is 30.3 Å². The van der Waals surface area contributed by atoms with Gasteiger partial charge in [-0.1, -0.05) is 6.07 Å². The molecule has 1 saturated carbocycles. The number of carbonyl (C=O) groups excluding carboxylic acids is 1. The molecule has 0 radical (unpaired) electrons. The van der Waals surface area contributed by atoms with Gasteiger partial charge in [-0.3, -0.25) is 9.48 Å². The van der Waals surface area contributed by atoms with E-state index in [1.54, 1.807) is 10.7 Å². The summed E-state index contributed by atoms with van der Waals surface area (Å²) in [7, 11) is 1.85. The summed E-state index contributed by atoms with van der Waals surface area (Å²) in [5.41, 5.74) is 3.08. The number of carbonyl (C=O) groups is 1. The van der Waals surface area contributed by atoms with Crippen LogP contribution in [-0.4, -0.2) is 34.8 Å². The molecule has 0 bridgehead atoms. The number of piperidine rings is 1. The second-order valence-electron chi connectivity index (χ2n) is 8.93. The Kier molecular flexibility index (Phi) is 5.60. The zero-order chi connectivity index (χ0) is 23.1. The Hall–Kier alpha value is -3.29. The van der Waals surface area contributed by atoms with Gasteiger partial charge in [-0.2, -0.15) is 5.10 Å². The fraction of sp³-hybridized carbons (Fsp3) is 0.360. The van der Waals surface area contributed by atoms with Crippen LogP contribution in [-0.2, 0) is 7.05 Å². The molecular formula is C25H25F3N4O. The lowest BCUT2D eigenvalue weighted by Gasteiger charge is -2.34. The number of benzene rings is 2. The van der Waals surface area contributed by atoms with Gasteiger partial charge < -0.3 is 10.2 Å². The summed E-state index contributed by atoms with van der Waals surface area (Å²) in [6.45, 7) is 1.11. The normalized spacial score (nSPS) is 18.4. The maximum atomic E-state index is 14.9. The number of anilines is 1. The van der Waals surface area contributed by atoms with Gasteiger partial charge in [0, 0.05) is 55.3 Å². The van der Waals surface area contributed by atoms with Gasteiger partial charge in [-0.25, -0.2) is 13.2 Å². The van der Waals surface area contributed by atoms with Crippen LogP contribution in [0.5, 0.6) is 0 Å². The number of aryl methyl sites for hydroxylation is 1. The van der Waals surface area contributed by atoms with Crippen LogP contribution in [0.25, 0.3) is 11.3 Å². The molecule has 1 aliphatic heterocycles. The van der Waals surface area contributed by atoms with Crippen molar-refractivity contribution < 1.29 is 18.0 Å². The maximum absolute atomic E-state index is 14.9. The monoisotopic (exact) mass is 454 g/mol. The first-order valence-electron chi connectivity index (χ1n) is 11.2. The Bertz CT molecular complexity index is 1200. The highest BCUT2D eigenvalue weighted by Crippen LogP contribution is 2.44. The number of halogens is 3. The van der Waals surface area contributed by atoms with E-state index in [9.17, 15) is 18.0 Å². The Morgan fingerprint density at radius 1 is 1.03 bits per heavy atom. The van der Waals surface area contributed by atoms with Crippen molar-refractivity contribution in [1.29, 1.82) is 0 Å². The lowest BCUT2D eigenvalue weighted by molar-refractivity contribution is 0.0929. The highest BCUT2D eigenvalue weighted by Gasteiger charge is 2.29. The Balaban J connectivity index is 1.29. The van der Waals surface area contributed by atoms with Crippen LogP contribution < -0.4 is 10.2 Å². The van der Waals surface area contributed by atoms with E-state index >= 15 is 0 Å². The fourth-order valence-corrected chi connectivity index (χ4v) is 4.55. The Morgan fingerprint density at radius 3 is 2.58 bits per heavy atom. The number of nitrogens with zero attached hydrogens (tertiary/aromatic N) is 3. The largest absolute Gasteiger partial charge is 0.369 e. The third-order valence-corrected chi connectivity index (χ3v) is 6.39. The first-order valence-corrected chi connectivity index (χ1v) is 11.2. The fourth-order valence-electron chi connectivity index (χ4n) is 4.55. The first kappa shape index (κ1) is 21.6. The van der Waals surface area contributed by atoms with Gasteiger partial charge in [0.25, 0.3) is 5.91 Å². The first-order chi connectivity index (χ1) is 15.9. The predicted octanol–water partition coefficient (Wildman–Crippen LogP) is 4.78. The summed E-state index contributed by atoms with van der Waals surface area (Å²) in [6.07, 6.45) is 5.71. The molecule has 1 aromatic heterocycles. The summed E-state index contributed by atoms with van der Waals surface area (Å²) >= 11 is 0. The lowest BCUT2D eigenvalue weighted by atomic mass is 10.0. The van der Waals surface area contributed by atoms with Crippen molar-refractivity contribution in [3.05, 3.63) is 71.2 Å². The quantitative estimate of drug-likeness (QED) is 0.604. The zero-order valence-electron chi connectivity index (χ0n) is 18.3. The maximum Gasteiger partial charge on any atom is 0.254 e. The highest BCUT2D eigenvalue weighted by molar-refractivity contribution is 5.95. The molecule has 1 atom stereocenters. The van der Waals surface area contributed by atoms with Crippen LogP contribution in [0, 0.1) is 17.5 Å². The van der Waals surface area contributed by atoms with Gasteiger partial charge in [0.2, 0.25) is 0 Å². The van der Waals surface area contributed by atoms with Crippen molar-refractivity contribution in [3.8, 4) is 11.3 Å². The van der Waals surface area contributed by atoms with Crippen molar-refractivity contribution in [2.75, 3.05) is 18.0 Å². The highest BCUT2D eigenvalue weighted by atomic mass is 19.2. The second kappa shape index (κ2) is 8.57. The van der Waals surface area contributed by atoms with Crippen molar-refractivity contribution in [2.24, 2.45) is 7.05 Å². The SMILES string of the molecule is Cn1cc(C2CC2)c(-c2ccc(C(=O)NC3CCCN(c4ccc(F)c(F)c4)C3)c(F)c2)n1. The molecule has 2 aromatic carbocycles. The van der Waals surface area contributed by atoms with Gasteiger partial charge in [0.15, 0.2) is 11.6 Å². The summed E-state index contributed by atoms with van der Waals surface area (Å²) < 4.78 is 43.5. The minimum absolute atomic E-state index is 0.0207. The topological polar surface area (TPSA) is 50.2 Å². The van der Waals surface area contributed by atoms with Gasteiger partial charge in [-0.15, -0.1) is 0 Å². The van der Waals surface area contributed by atoms with E-state index in [1.165, 1.54) is 18.2 Å². The number of nitrogens with one attached hydrogen (secondary N) is 1. The Morgan fingerprint density at radius 2 is 1.85 bits per heavy atom. The van der Waals surface area contributed by atoms with Gasteiger partial charge in [0.1, 0.15) is 5.82 Å². The molecule has 33 heavy (non-hydrogen) atoms. The van der Waals surface area contributed by atoms with Crippen molar-refractivity contribution >= 4 is 11.6 Å². The van der Waals surface area contributed by atoms with Crippen LogP contribution >= 0.6 is 0 Å². The van der Waals surface area contributed by atoms with E-state index < -0.39 is 23.4 Å². The lowest BCUT2D eigenvalue weighted by Crippen LogP contribution is -2.48. The molecule has 1 amide bonds. The van der Waals surface area contributed by atoms with Crippen LogP contribution in [0.4, 0.5) is 18.9 Å². The van der Waals surface area contributed by atoms with Gasteiger partial charge >= 0.3 is 0 Å². The van der Waals surface area contributed by atoms with E-state index in [4.69, 9.17) is 0 Å². The molecule has 1 aliphatic carbocycles. The number of hydrogen-bond acceptors (Lipinski definition) is 3. The smallest absolute Gasteiger partial charge is 0.254 e. The van der Waals surface area contributed by atoms with Crippen LogP contribution in [0.1, 0.15) is 47.5 Å². The number of amides is 1. The summed E-state index contributed by atoms with van der Waals surface area (Å²) in [4.78, 5) is 14.7. The van der Waals surface area contributed by atoms with Crippen molar-refractivity contribution in [3.63, 3.8) is 0 Å². The van der Waals surface area contributed by atoms with Crippen molar-refractivity contribution in [2.45, 2.75) is 37.6 Å². The molecule has 2 heterocycles. The van der Waals surface area contributed by atoms with Gasteiger partial charge in [0.05, 0.1) is 11.3 Å². The molecule has 1 saturated heterocycles. The third-order valence-electron chi connectivity index (χ3n) is 6.39. The Labute approximate surface area is 190 Å². The molecular weight excluding hydrogens is 429 g/mol. The molecule has 1 unspecified atom stereocenters. The minimum Gasteiger partial charge on any atom is -0.369 e. The predicted molar refractivity (Wildman–Crippen MR) is 120 cm³/mol.